The molecule has 3 aromatic rings. The van der Waals surface area contributed by atoms with Gasteiger partial charge in [0, 0.05) is 16.8 Å². The maximum Gasteiger partial charge on any atom is 0.278 e. The van der Waals surface area contributed by atoms with E-state index in [1.54, 1.807) is 25.3 Å². The van der Waals surface area contributed by atoms with Crippen LogP contribution in [0.5, 0.6) is 5.75 Å². The number of benzene rings is 2. The van der Waals surface area contributed by atoms with Gasteiger partial charge in [-0.05, 0) is 18.2 Å². The number of aliphatic hydroxyl groups excluding tert-OH is 1. The van der Waals surface area contributed by atoms with Crippen molar-refractivity contribution in [2.24, 2.45) is 0 Å². The molecular formula is C14H11NO5. The second-order valence-electron chi connectivity index (χ2n) is 4.36. The molecule has 102 valence electrons. The van der Waals surface area contributed by atoms with Crippen molar-refractivity contribution < 1.29 is 19.2 Å². The van der Waals surface area contributed by atoms with Crippen molar-refractivity contribution in [2.45, 2.75) is 6.61 Å². The minimum atomic E-state index is -0.529. The van der Waals surface area contributed by atoms with E-state index in [-0.39, 0.29) is 11.3 Å². The summed E-state index contributed by atoms with van der Waals surface area (Å²) in [6, 6.07) is 8.27. The van der Waals surface area contributed by atoms with Gasteiger partial charge in [-0.25, -0.2) is 0 Å². The molecule has 0 saturated carbocycles. The van der Waals surface area contributed by atoms with Crippen molar-refractivity contribution in [1.82, 2.24) is 0 Å². The number of aliphatic hydroxyl groups is 1. The highest BCUT2D eigenvalue weighted by molar-refractivity contribution is 6.06. The van der Waals surface area contributed by atoms with Gasteiger partial charge in [-0.3, -0.25) is 10.1 Å². The Bertz CT molecular complexity index is 821. The first kappa shape index (κ1) is 12.4. The van der Waals surface area contributed by atoms with Crippen LogP contribution in [0, 0.1) is 10.1 Å². The van der Waals surface area contributed by atoms with Gasteiger partial charge < -0.3 is 14.3 Å². The number of methoxy groups -OCH3 is 1. The van der Waals surface area contributed by atoms with Gasteiger partial charge in [0.1, 0.15) is 16.9 Å². The van der Waals surface area contributed by atoms with Crippen LogP contribution in [0.4, 0.5) is 5.69 Å². The molecular weight excluding hydrogens is 262 g/mol. The average Bonchev–Trinajstić information content (AvgIpc) is 2.81. The lowest BCUT2D eigenvalue weighted by Crippen LogP contribution is -1.94. The molecule has 1 N–H and O–H groups in total. The number of fused-ring (bicyclic) bond motifs is 3. The topological polar surface area (TPSA) is 85.7 Å². The fraction of sp³-hybridized carbons (Fsp3) is 0.143. The van der Waals surface area contributed by atoms with Crippen molar-refractivity contribution >= 4 is 27.6 Å². The van der Waals surface area contributed by atoms with E-state index < -0.39 is 11.5 Å². The largest absolute Gasteiger partial charge is 0.497 e. The lowest BCUT2D eigenvalue weighted by atomic mass is 10.1. The van der Waals surface area contributed by atoms with Crippen molar-refractivity contribution in [1.29, 1.82) is 0 Å². The van der Waals surface area contributed by atoms with Crippen LogP contribution in [0.3, 0.4) is 0 Å². The monoisotopic (exact) mass is 273 g/mol. The number of rotatable bonds is 3. The van der Waals surface area contributed by atoms with Crippen molar-refractivity contribution in [2.75, 3.05) is 7.11 Å². The summed E-state index contributed by atoms with van der Waals surface area (Å²) < 4.78 is 10.7. The van der Waals surface area contributed by atoms with Crippen LogP contribution in [0.2, 0.25) is 0 Å². The molecule has 0 unspecified atom stereocenters. The molecule has 6 nitrogen and oxygen atoms in total. The van der Waals surface area contributed by atoms with Gasteiger partial charge in [0.25, 0.3) is 5.69 Å². The highest BCUT2D eigenvalue weighted by Gasteiger charge is 2.18. The molecule has 0 radical (unpaired) electrons. The van der Waals surface area contributed by atoms with E-state index in [2.05, 4.69) is 0 Å². The second kappa shape index (κ2) is 4.50. The zero-order chi connectivity index (χ0) is 14.3. The van der Waals surface area contributed by atoms with E-state index in [0.29, 0.717) is 16.9 Å². The van der Waals surface area contributed by atoms with Crippen LogP contribution in [0.25, 0.3) is 21.9 Å². The van der Waals surface area contributed by atoms with Crippen molar-refractivity contribution in [3.8, 4) is 5.75 Å². The van der Waals surface area contributed by atoms with E-state index >= 15 is 0 Å². The quantitative estimate of drug-likeness (QED) is 0.585. The van der Waals surface area contributed by atoms with Crippen molar-refractivity contribution in [3.05, 3.63) is 46.0 Å². The molecule has 0 aliphatic rings. The summed E-state index contributed by atoms with van der Waals surface area (Å²) in [5.41, 5.74) is 1.12. The Morgan fingerprint density at radius 2 is 2.00 bits per heavy atom. The lowest BCUT2D eigenvalue weighted by Gasteiger charge is -1.99. The molecule has 1 aromatic heterocycles. The number of nitrogens with zero attached hydrogens (tertiary/aromatic N) is 1. The molecule has 3 rings (SSSR count). The predicted molar refractivity (Wildman–Crippen MR) is 72.8 cm³/mol. The normalized spacial score (nSPS) is 11.1. The molecule has 20 heavy (non-hydrogen) atoms. The molecule has 6 heteroatoms. The maximum absolute atomic E-state index is 11.0. The average molecular weight is 273 g/mol. The fourth-order valence-electron chi connectivity index (χ4n) is 2.26. The first-order valence-electron chi connectivity index (χ1n) is 5.92. The summed E-state index contributed by atoms with van der Waals surface area (Å²) in [4.78, 5) is 10.4. The van der Waals surface area contributed by atoms with Crippen LogP contribution in [0.15, 0.2) is 34.7 Å². The van der Waals surface area contributed by atoms with Crippen LogP contribution in [-0.4, -0.2) is 17.1 Å². The van der Waals surface area contributed by atoms with E-state index in [1.165, 1.54) is 6.07 Å². The maximum atomic E-state index is 11.0. The third-order valence-electron chi connectivity index (χ3n) is 3.25. The Balaban J connectivity index is 2.35. The molecule has 0 amide bonds. The highest BCUT2D eigenvalue weighted by atomic mass is 16.6. The Labute approximate surface area is 113 Å². The smallest absolute Gasteiger partial charge is 0.278 e. The third kappa shape index (κ3) is 1.78. The van der Waals surface area contributed by atoms with E-state index in [0.717, 1.165) is 10.8 Å². The Kier molecular flexibility index (Phi) is 2.80. The van der Waals surface area contributed by atoms with Crippen LogP contribution >= 0.6 is 0 Å². The summed E-state index contributed by atoms with van der Waals surface area (Å²) >= 11 is 0. The Hall–Kier alpha value is -2.60. The van der Waals surface area contributed by atoms with Gasteiger partial charge in [0.05, 0.1) is 30.3 Å². The van der Waals surface area contributed by atoms with Gasteiger partial charge in [-0.2, -0.15) is 0 Å². The second-order valence-corrected chi connectivity index (χ2v) is 4.36. The number of hydrogen-bond acceptors (Lipinski definition) is 5. The van der Waals surface area contributed by atoms with Gasteiger partial charge in [-0.15, -0.1) is 0 Å². The fourth-order valence-corrected chi connectivity index (χ4v) is 2.26. The summed E-state index contributed by atoms with van der Waals surface area (Å²) in [5.74, 6) is 0.647. The number of nitro benzene ring substituents is 1. The van der Waals surface area contributed by atoms with Gasteiger partial charge in [0.15, 0.2) is 0 Å². The van der Waals surface area contributed by atoms with Crippen LogP contribution in [0.1, 0.15) is 5.56 Å². The zero-order valence-corrected chi connectivity index (χ0v) is 10.6. The number of nitro groups is 1. The number of ether oxygens (including phenoxy) is 1. The lowest BCUT2D eigenvalue weighted by molar-refractivity contribution is -0.385. The highest BCUT2D eigenvalue weighted by Crippen LogP contribution is 2.35. The van der Waals surface area contributed by atoms with Crippen molar-refractivity contribution in [3.63, 3.8) is 0 Å². The standard InChI is InChI=1S/C14H11NO5/c1-19-9-2-3-10-11-4-8(7-16)12(15(17)18)6-14(11)20-13(10)5-9/h2-6,16H,7H2,1H3. The van der Waals surface area contributed by atoms with Gasteiger partial charge in [0.2, 0.25) is 0 Å². The van der Waals surface area contributed by atoms with E-state index in [1.807, 2.05) is 6.07 Å². The van der Waals surface area contributed by atoms with Gasteiger partial charge >= 0.3 is 0 Å². The molecule has 0 fully saturated rings. The Morgan fingerprint density at radius 3 is 2.65 bits per heavy atom. The summed E-state index contributed by atoms with van der Waals surface area (Å²) in [6.45, 7) is -0.394. The summed E-state index contributed by atoms with van der Waals surface area (Å²) in [5, 5.41) is 21.8. The molecule has 0 bridgehead atoms. The molecule has 0 spiro atoms. The SMILES string of the molecule is COc1ccc2c(c1)oc1cc([N+](=O)[O-])c(CO)cc12. The summed E-state index contributed by atoms with van der Waals surface area (Å²) in [7, 11) is 1.55. The van der Waals surface area contributed by atoms with Crippen LogP contribution in [-0.2, 0) is 6.61 Å². The summed E-state index contributed by atoms with van der Waals surface area (Å²) in [6.07, 6.45) is 0. The predicted octanol–water partition coefficient (Wildman–Crippen LogP) is 3.00. The molecule has 0 atom stereocenters. The number of furan rings is 1. The number of hydrogen-bond donors (Lipinski definition) is 1. The first-order valence-corrected chi connectivity index (χ1v) is 5.92. The minimum Gasteiger partial charge on any atom is -0.497 e. The molecule has 0 aliphatic carbocycles. The molecule has 0 saturated heterocycles. The zero-order valence-electron chi connectivity index (χ0n) is 10.6. The van der Waals surface area contributed by atoms with Gasteiger partial charge in [-0.1, -0.05) is 0 Å². The van der Waals surface area contributed by atoms with E-state index in [9.17, 15) is 15.2 Å². The molecule has 1 heterocycles. The molecule has 2 aromatic carbocycles. The third-order valence-corrected chi connectivity index (χ3v) is 3.25. The van der Waals surface area contributed by atoms with E-state index in [4.69, 9.17) is 9.15 Å². The molecule has 0 aliphatic heterocycles. The van der Waals surface area contributed by atoms with Crippen LogP contribution < -0.4 is 4.74 Å². The Morgan fingerprint density at radius 1 is 1.25 bits per heavy atom. The first-order chi connectivity index (χ1) is 9.63. The minimum absolute atomic E-state index is 0.147.